The second-order valence-corrected chi connectivity index (χ2v) is 11.7. The Morgan fingerprint density at radius 1 is 1.03 bits per heavy atom. The predicted molar refractivity (Wildman–Crippen MR) is 114 cm³/mol. The molecule has 0 aromatic heterocycles. The van der Waals surface area contributed by atoms with Gasteiger partial charge in [-0.2, -0.15) is 0 Å². The summed E-state index contributed by atoms with van der Waals surface area (Å²) >= 11 is 0. The molecule has 0 bridgehead atoms. The topological polar surface area (TPSA) is 87.0 Å². The Hall–Kier alpha value is -0.650. The van der Waals surface area contributed by atoms with Crippen molar-refractivity contribution in [2.75, 3.05) is 7.11 Å². The number of aliphatic hydroxyl groups is 3. The number of methoxy groups -OCH3 is 1. The number of hydrogen-bond acceptors (Lipinski definition) is 5. The Balaban J connectivity index is 1.57. The van der Waals surface area contributed by atoms with Crippen LogP contribution in [0.25, 0.3) is 0 Å². The van der Waals surface area contributed by atoms with Gasteiger partial charge in [0.05, 0.1) is 25.4 Å². The van der Waals surface area contributed by atoms with Crippen LogP contribution in [0.1, 0.15) is 78.6 Å². The van der Waals surface area contributed by atoms with Gasteiger partial charge in [-0.1, -0.05) is 20.8 Å². The van der Waals surface area contributed by atoms with E-state index in [4.69, 9.17) is 4.74 Å². The maximum absolute atomic E-state index is 11.7. The van der Waals surface area contributed by atoms with Crippen LogP contribution >= 0.6 is 0 Å². The quantitative estimate of drug-likeness (QED) is 0.603. The van der Waals surface area contributed by atoms with Gasteiger partial charge in [0.15, 0.2) is 0 Å². The largest absolute Gasteiger partial charge is 0.469 e. The minimum absolute atomic E-state index is 0.00841. The third-order valence-electron chi connectivity index (χ3n) is 10.4. The molecule has 0 aromatic carbocycles. The second-order valence-electron chi connectivity index (χ2n) is 11.7. The van der Waals surface area contributed by atoms with Crippen molar-refractivity contribution in [1.82, 2.24) is 0 Å². The fourth-order valence-electron chi connectivity index (χ4n) is 8.83. The first-order valence-electron chi connectivity index (χ1n) is 12.2. The molecular weight excluding hydrogens is 380 g/mol. The van der Waals surface area contributed by atoms with Gasteiger partial charge in [-0.25, -0.2) is 0 Å². The molecule has 0 radical (unpaired) electrons. The first-order valence-corrected chi connectivity index (χ1v) is 12.2. The van der Waals surface area contributed by atoms with Crippen LogP contribution in [0.5, 0.6) is 0 Å². The first kappa shape index (κ1) is 22.5. The van der Waals surface area contributed by atoms with E-state index in [0.717, 1.165) is 51.4 Å². The van der Waals surface area contributed by atoms with Gasteiger partial charge in [0.1, 0.15) is 0 Å². The lowest BCUT2D eigenvalue weighted by Crippen LogP contribution is -2.60. The lowest BCUT2D eigenvalue weighted by molar-refractivity contribution is -0.185. The maximum Gasteiger partial charge on any atom is 0.305 e. The van der Waals surface area contributed by atoms with Crippen LogP contribution in [0.4, 0.5) is 0 Å². The number of carbonyl (C=O) groups is 1. The van der Waals surface area contributed by atoms with Crippen LogP contribution in [-0.4, -0.2) is 46.7 Å². The van der Waals surface area contributed by atoms with Crippen molar-refractivity contribution in [3.63, 3.8) is 0 Å². The summed E-state index contributed by atoms with van der Waals surface area (Å²) in [6.45, 7) is 6.96. The molecule has 4 fully saturated rings. The number of hydrogen-bond donors (Lipinski definition) is 3. The van der Waals surface area contributed by atoms with Gasteiger partial charge in [-0.05, 0) is 97.7 Å². The molecule has 4 saturated carbocycles. The molecule has 4 aliphatic rings. The van der Waals surface area contributed by atoms with E-state index in [1.54, 1.807) is 0 Å². The summed E-state index contributed by atoms with van der Waals surface area (Å²) in [4.78, 5) is 11.7. The number of carbonyl (C=O) groups excluding carboxylic acids is 1. The molecule has 0 aromatic rings. The van der Waals surface area contributed by atoms with Crippen molar-refractivity contribution in [2.24, 2.45) is 46.3 Å². The van der Waals surface area contributed by atoms with Crippen molar-refractivity contribution in [1.29, 1.82) is 0 Å². The highest BCUT2D eigenvalue weighted by Crippen LogP contribution is 2.68. The Morgan fingerprint density at radius 3 is 2.43 bits per heavy atom. The van der Waals surface area contributed by atoms with Crippen molar-refractivity contribution in [2.45, 2.75) is 96.9 Å². The number of rotatable bonds is 4. The molecule has 0 amide bonds. The lowest BCUT2D eigenvalue weighted by Gasteiger charge is -2.62. The van der Waals surface area contributed by atoms with Crippen LogP contribution in [0.2, 0.25) is 0 Å². The van der Waals surface area contributed by atoms with Gasteiger partial charge in [-0.15, -0.1) is 0 Å². The monoisotopic (exact) mass is 422 g/mol. The highest BCUT2D eigenvalue weighted by molar-refractivity contribution is 5.69. The van der Waals surface area contributed by atoms with Gasteiger partial charge in [0.2, 0.25) is 0 Å². The summed E-state index contributed by atoms with van der Waals surface area (Å²) in [5.74, 6) is 1.64. The van der Waals surface area contributed by atoms with Gasteiger partial charge >= 0.3 is 5.97 Å². The van der Waals surface area contributed by atoms with Gasteiger partial charge < -0.3 is 20.1 Å². The third kappa shape index (κ3) is 3.44. The van der Waals surface area contributed by atoms with Crippen LogP contribution in [-0.2, 0) is 9.53 Å². The molecule has 0 spiro atoms. The average Bonchev–Trinajstić information content (AvgIpc) is 2.98. The van der Waals surface area contributed by atoms with E-state index in [1.165, 1.54) is 7.11 Å². The molecule has 30 heavy (non-hydrogen) atoms. The van der Waals surface area contributed by atoms with Crippen molar-refractivity contribution < 1.29 is 24.9 Å². The molecule has 0 heterocycles. The van der Waals surface area contributed by atoms with E-state index < -0.39 is 0 Å². The normalized spacial score (nSPS) is 51.4. The van der Waals surface area contributed by atoms with Crippen LogP contribution < -0.4 is 0 Å². The van der Waals surface area contributed by atoms with Crippen molar-refractivity contribution in [3.05, 3.63) is 0 Å². The Bertz CT molecular complexity index is 651. The first-order chi connectivity index (χ1) is 14.1. The molecular formula is C25H42O5. The molecule has 1 unspecified atom stereocenters. The number of esters is 1. The Kier molecular flexibility index (Phi) is 6.04. The molecule has 4 aliphatic carbocycles. The summed E-state index contributed by atoms with van der Waals surface area (Å²) in [6.07, 6.45) is 6.67. The van der Waals surface area contributed by atoms with Gasteiger partial charge in [-0.3, -0.25) is 4.79 Å². The molecule has 0 aliphatic heterocycles. The number of ether oxygens (including phenoxy) is 1. The molecule has 5 nitrogen and oxygen atoms in total. The molecule has 5 heteroatoms. The van der Waals surface area contributed by atoms with E-state index in [1.807, 2.05) is 0 Å². The summed E-state index contributed by atoms with van der Waals surface area (Å²) in [5, 5.41) is 32.8. The van der Waals surface area contributed by atoms with E-state index in [-0.39, 0.29) is 46.9 Å². The summed E-state index contributed by atoms with van der Waals surface area (Å²) in [6, 6.07) is 0. The summed E-state index contributed by atoms with van der Waals surface area (Å²) in [5.41, 5.74) is 0.174. The van der Waals surface area contributed by atoms with Gasteiger partial charge in [0, 0.05) is 6.42 Å². The van der Waals surface area contributed by atoms with Crippen molar-refractivity contribution in [3.8, 4) is 0 Å². The van der Waals surface area contributed by atoms with Gasteiger partial charge in [0.25, 0.3) is 0 Å². The summed E-state index contributed by atoms with van der Waals surface area (Å²) in [7, 11) is 1.44. The third-order valence-corrected chi connectivity index (χ3v) is 10.4. The van der Waals surface area contributed by atoms with E-state index in [9.17, 15) is 20.1 Å². The highest BCUT2D eigenvalue weighted by Gasteiger charge is 2.65. The van der Waals surface area contributed by atoms with E-state index >= 15 is 0 Å². The van der Waals surface area contributed by atoms with Crippen molar-refractivity contribution >= 4 is 5.97 Å². The zero-order valence-electron chi connectivity index (χ0n) is 19.2. The smallest absolute Gasteiger partial charge is 0.305 e. The lowest BCUT2D eigenvalue weighted by atomic mass is 9.43. The highest BCUT2D eigenvalue weighted by atomic mass is 16.5. The molecule has 172 valence electrons. The Morgan fingerprint density at radius 2 is 1.73 bits per heavy atom. The van der Waals surface area contributed by atoms with Crippen LogP contribution in [0, 0.1) is 46.3 Å². The fourth-order valence-corrected chi connectivity index (χ4v) is 8.83. The van der Waals surface area contributed by atoms with E-state index in [2.05, 4.69) is 20.8 Å². The molecule has 3 N–H and O–H groups in total. The average molecular weight is 423 g/mol. The number of fused-ring (bicyclic) bond motifs is 5. The molecule has 11 atom stereocenters. The van der Waals surface area contributed by atoms with E-state index in [0.29, 0.717) is 30.1 Å². The summed E-state index contributed by atoms with van der Waals surface area (Å²) < 4.78 is 4.83. The standard InChI is InChI=1S/C25H42O5/c1-14(5-6-21(29)30-4)18-13-20(28)23-22-17(8-10-25(18,23)3)24(2)9-7-16(26)11-15(24)12-19(22)27/h14-20,22-23,26-28H,5-13H2,1-4H3/t14-,15+,16-,17+,18-,19-,20+,22+,23?,24+,25-/m1/s1. The maximum atomic E-state index is 11.7. The minimum atomic E-state index is -0.387. The van der Waals surface area contributed by atoms with Crippen LogP contribution in [0.3, 0.4) is 0 Å². The predicted octanol–water partition coefficient (Wildman–Crippen LogP) is 3.54. The second kappa shape index (κ2) is 8.04. The minimum Gasteiger partial charge on any atom is -0.469 e. The SMILES string of the molecule is COC(=O)CC[C@@H](C)[C@H]1C[C@H](O)C2[C@@H]3[C@H](O)C[C@@H]4C[C@H](O)CC[C@]4(C)[C@H]3CC[C@@]21C. The fraction of sp³-hybridized carbons (Fsp3) is 0.960. The molecule has 0 saturated heterocycles. The zero-order valence-corrected chi connectivity index (χ0v) is 19.2. The van der Waals surface area contributed by atoms with Crippen LogP contribution in [0.15, 0.2) is 0 Å². The molecule has 4 rings (SSSR count). The Labute approximate surface area is 181 Å². The zero-order chi connectivity index (χ0) is 21.8. The number of aliphatic hydroxyl groups excluding tert-OH is 3.